The average molecular weight is 501 g/mol. The first-order valence-corrected chi connectivity index (χ1v) is 13.3. The van der Waals surface area contributed by atoms with Crippen molar-refractivity contribution in [2.24, 2.45) is 17.8 Å². The Morgan fingerprint density at radius 1 is 1.40 bits per heavy atom. The van der Waals surface area contributed by atoms with E-state index in [2.05, 4.69) is 13.5 Å². The number of carbonyl (C=O) groups is 3. The highest BCUT2D eigenvalue weighted by Gasteiger charge is 2.77. The Morgan fingerprint density at radius 3 is 2.74 bits per heavy atom. The molecular formula is C27H36N2O5S. The van der Waals surface area contributed by atoms with Crippen LogP contribution < -0.4 is 4.90 Å². The van der Waals surface area contributed by atoms with Crippen molar-refractivity contribution in [1.82, 2.24) is 4.90 Å². The minimum atomic E-state index is -0.800. The van der Waals surface area contributed by atoms with Gasteiger partial charge in [0.1, 0.15) is 6.04 Å². The number of ether oxygens (including phenoxy) is 1. The average Bonchev–Trinajstić information content (AvgIpc) is 3.42. The van der Waals surface area contributed by atoms with Crippen LogP contribution in [0.15, 0.2) is 30.9 Å². The first kappa shape index (κ1) is 25.8. The number of aliphatic hydroxyl groups excluding tert-OH is 1. The van der Waals surface area contributed by atoms with Gasteiger partial charge in [-0.25, -0.2) is 0 Å². The van der Waals surface area contributed by atoms with Crippen LogP contribution in [-0.2, 0) is 19.1 Å². The molecular weight excluding hydrogens is 464 g/mol. The fourth-order valence-corrected chi connectivity index (χ4v) is 8.79. The summed E-state index contributed by atoms with van der Waals surface area (Å²) in [5.41, 5.74) is 2.76. The molecule has 4 rings (SSSR count). The summed E-state index contributed by atoms with van der Waals surface area (Å²) in [6.45, 7) is 13.7. The van der Waals surface area contributed by atoms with Crippen molar-refractivity contribution in [3.63, 3.8) is 0 Å². The molecule has 1 spiro atoms. The van der Waals surface area contributed by atoms with Crippen LogP contribution in [0.1, 0.15) is 38.3 Å². The molecule has 3 aliphatic heterocycles. The largest absolute Gasteiger partial charge is 0.466 e. The van der Waals surface area contributed by atoms with Gasteiger partial charge in [0.15, 0.2) is 0 Å². The molecule has 0 saturated carbocycles. The topological polar surface area (TPSA) is 87.2 Å². The molecule has 0 aliphatic carbocycles. The third-order valence-corrected chi connectivity index (χ3v) is 10.0. The molecule has 8 heteroatoms. The van der Waals surface area contributed by atoms with Gasteiger partial charge < -0.3 is 19.6 Å². The van der Waals surface area contributed by atoms with Crippen molar-refractivity contribution in [2.75, 3.05) is 24.7 Å². The van der Waals surface area contributed by atoms with Crippen molar-refractivity contribution in [1.29, 1.82) is 0 Å². The Bertz CT molecular complexity index is 1040. The van der Waals surface area contributed by atoms with Gasteiger partial charge in [-0.15, -0.1) is 18.3 Å². The van der Waals surface area contributed by atoms with E-state index in [1.165, 1.54) is 0 Å². The van der Waals surface area contributed by atoms with Crippen LogP contribution in [0.4, 0.5) is 5.69 Å². The molecule has 35 heavy (non-hydrogen) atoms. The van der Waals surface area contributed by atoms with Gasteiger partial charge in [0, 0.05) is 17.5 Å². The van der Waals surface area contributed by atoms with E-state index in [1.54, 1.807) is 41.5 Å². The first-order chi connectivity index (χ1) is 16.6. The highest BCUT2D eigenvalue weighted by molar-refractivity contribution is 8.02. The Balaban J connectivity index is 1.86. The van der Waals surface area contributed by atoms with E-state index in [9.17, 15) is 19.5 Å². The molecule has 1 aromatic carbocycles. The molecule has 190 valence electrons. The van der Waals surface area contributed by atoms with E-state index in [0.29, 0.717) is 6.54 Å². The van der Waals surface area contributed by atoms with Crippen molar-refractivity contribution >= 4 is 35.2 Å². The molecule has 3 aliphatic rings. The number of thioether (sulfide) groups is 1. The lowest BCUT2D eigenvalue weighted by Gasteiger charge is -2.41. The lowest BCUT2D eigenvalue weighted by molar-refractivity contribution is -0.154. The fourth-order valence-electron chi connectivity index (χ4n) is 6.40. The summed E-state index contributed by atoms with van der Waals surface area (Å²) >= 11 is 1.61. The van der Waals surface area contributed by atoms with Crippen LogP contribution in [0.2, 0.25) is 0 Å². The van der Waals surface area contributed by atoms with E-state index in [-0.39, 0.29) is 42.2 Å². The van der Waals surface area contributed by atoms with Crippen LogP contribution in [0.25, 0.3) is 0 Å². The van der Waals surface area contributed by atoms with Gasteiger partial charge in [-0.2, -0.15) is 0 Å². The van der Waals surface area contributed by atoms with Crippen LogP contribution >= 0.6 is 11.8 Å². The van der Waals surface area contributed by atoms with E-state index < -0.39 is 28.7 Å². The van der Waals surface area contributed by atoms with Crippen molar-refractivity contribution in [3.05, 3.63) is 42.0 Å². The molecule has 3 fully saturated rings. The van der Waals surface area contributed by atoms with Crippen molar-refractivity contribution in [3.8, 4) is 0 Å². The molecule has 1 aromatic rings. The summed E-state index contributed by atoms with van der Waals surface area (Å²) in [7, 11) is 0. The second-order valence-corrected chi connectivity index (χ2v) is 11.7. The standard InChI is InChI=1S/C27H36N2O5S/c1-7-11-28(19-12-15(3)9-10-16(19)4)25(32)23-27-17(5)13-20(35-27)21(26(33)34-8-2)22(27)24(31)29(23)18(6)14-30/h7,9-10,12,17-18,20-23,30H,1,8,11,13-14H2,2-6H3/t17?,18-,20-,21+,22+,23?,27?/m1/s1. The number of rotatable bonds is 8. The molecule has 0 radical (unpaired) electrons. The summed E-state index contributed by atoms with van der Waals surface area (Å²) in [5.74, 6) is -1.97. The van der Waals surface area contributed by atoms with Gasteiger partial charge in [-0.05, 0) is 57.2 Å². The van der Waals surface area contributed by atoms with Gasteiger partial charge in [-0.1, -0.05) is 25.1 Å². The Morgan fingerprint density at radius 2 is 2.11 bits per heavy atom. The summed E-state index contributed by atoms with van der Waals surface area (Å²) < 4.78 is 4.63. The Labute approximate surface area is 211 Å². The lowest BCUT2D eigenvalue weighted by atomic mass is 9.66. The molecule has 2 bridgehead atoms. The number of benzene rings is 1. The number of fused-ring (bicyclic) bond motifs is 1. The second-order valence-electron chi connectivity index (χ2n) is 10.1. The number of carbonyl (C=O) groups excluding carboxylic acids is 3. The number of esters is 1. The van der Waals surface area contributed by atoms with Gasteiger partial charge in [0.25, 0.3) is 5.91 Å². The van der Waals surface area contributed by atoms with Crippen molar-refractivity contribution < 1.29 is 24.2 Å². The second kappa shape index (κ2) is 9.62. The highest BCUT2D eigenvalue weighted by atomic mass is 32.2. The zero-order chi connectivity index (χ0) is 25.7. The fraction of sp³-hybridized carbons (Fsp3) is 0.593. The predicted molar refractivity (Wildman–Crippen MR) is 137 cm³/mol. The molecule has 3 unspecified atom stereocenters. The predicted octanol–water partition coefficient (Wildman–Crippen LogP) is 3.10. The van der Waals surface area contributed by atoms with E-state index in [1.807, 2.05) is 32.0 Å². The third kappa shape index (κ3) is 3.80. The normalized spacial score (nSPS) is 31.9. The number of nitrogens with zero attached hydrogens (tertiary/aromatic N) is 2. The summed E-state index contributed by atoms with van der Waals surface area (Å²) in [6.07, 6.45) is 2.43. The molecule has 7 nitrogen and oxygen atoms in total. The molecule has 1 N–H and O–H groups in total. The summed E-state index contributed by atoms with van der Waals surface area (Å²) in [5, 5.41) is 10.0. The van der Waals surface area contributed by atoms with E-state index in [4.69, 9.17) is 4.74 Å². The first-order valence-electron chi connectivity index (χ1n) is 12.4. The van der Waals surface area contributed by atoms with Crippen molar-refractivity contribution in [2.45, 2.75) is 63.1 Å². The molecule has 3 saturated heterocycles. The van der Waals surface area contributed by atoms with Gasteiger partial charge in [-0.3, -0.25) is 14.4 Å². The van der Waals surface area contributed by atoms with Gasteiger partial charge in [0.2, 0.25) is 5.91 Å². The minimum Gasteiger partial charge on any atom is -0.466 e. The number of likely N-dealkylation sites (tertiary alicyclic amines) is 1. The lowest BCUT2D eigenvalue weighted by Crippen LogP contribution is -2.59. The smallest absolute Gasteiger partial charge is 0.310 e. The number of anilines is 1. The SMILES string of the molecule is C=CCN(C(=O)C1N([C@H](C)CO)C(=O)[C@@H]2[C@@H](C(=O)OCC)[C@H]3CC(C)C12S3)c1cc(C)ccc1C. The maximum atomic E-state index is 14.5. The van der Waals surface area contributed by atoms with Crippen LogP contribution in [0.5, 0.6) is 0 Å². The molecule has 0 aromatic heterocycles. The highest BCUT2D eigenvalue weighted by Crippen LogP contribution is 2.69. The van der Waals surface area contributed by atoms with E-state index in [0.717, 1.165) is 23.2 Å². The van der Waals surface area contributed by atoms with E-state index >= 15 is 0 Å². The van der Waals surface area contributed by atoms with Crippen LogP contribution in [0.3, 0.4) is 0 Å². The monoisotopic (exact) mass is 500 g/mol. The Hall–Kier alpha value is -2.32. The number of amides is 2. The number of aliphatic hydroxyl groups is 1. The molecule has 7 atom stereocenters. The molecule has 2 amide bonds. The van der Waals surface area contributed by atoms with Crippen LogP contribution in [0, 0.1) is 31.6 Å². The number of hydrogen-bond acceptors (Lipinski definition) is 6. The van der Waals surface area contributed by atoms with Gasteiger partial charge in [0.05, 0.1) is 35.8 Å². The zero-order valence-corrected chi connectivity index (χ0v) is 22.0. The zero-order valence-electron chi connectivity index (χ0n) is 21.2. The summed E-state index contributed by atoms with van der Waals surface area (Å²) in [4.78, 5) is 44.8. The maximum Gasteiger partial charge on any atom is 0.310 e. The number of hydrogen-bond donors (Lipinski definition) is 1. The number of aryl methyl sites for hydroxylation is 2. The van der Waals surface area contributed by atoms with Gasteiger partial charge >= 0.3 is 5.97 Å². The van der Waals surface area contributed by atoms with Crippen LogP contribution in [-0.4, -0.2) is 69.6 Å². The minimum absolute atomic E-state index is 0.0474. The molecule has 3 heterocycles. The third-order valence-electron chi connectivity index (χ3n) is 7.95. The maximum absolute atomic E-state index is 14.5. The quantitative estimate of drug-likeness (QED) is 0.436. The summed E-state index contributed by atoms with van der Waals surface area (Å²) in [6, 6.07) is 4.61. The Kier molecular flexibility index (Phi) is 7.08.